The zero-order chi connectivity index (χ0) is 14.2. The molecule has 0 aliphatic heterocycles. The Bertz CT molecular complexity index is 587. The maximum absolute atomic E-state index is 11.8. The second-order valence-corrected chi connectivity index (χ2v) is 4.44. The zero-order valence-corrected chi connectivity index (χ0v) is 11.0. The van der Waals surface area contributed by atoms with Crippen molar-refractivity contribution in [3.8, 4) is 6.07 Å². The van der Waals surface area contributed by atoms with Gasteiger partial charge in [0.2, 0.25) is 0 Å². The average Bonchev–Trinajstić information content (AvgIpc) is 2.52. The molecule has 3 heteroatoms. The van der Waals surface area contributed by atoms with Crippen LogP contribution in [0.1, 0.15) is 23.5 Å². The summed E-state index contributed by atoms with van der Waals surface area (Å²) < 4.78 is 5.19. The Hall–Kier alpha value is -2.60. The number of nitriles is 1. The van der Waals surface area contributed by atoms with Crippen LogP contribution in [0.2, 0.25) is 0 Å². The van der Waals surface area contributed by atoms with Gasteiger partial charge in [-0.2, -0.15) is 5.26 Å². The van der Waals surface area contributed by atoms with E-state index in [-0.39, 0.29) is 19.0 Å². The Labute approximate surface area is 118 Å². The fourth-order valence-corrected chi connectivity index (χ4v) is 1.89. The van der Waals surface area contributed by atoms with Crippen molar-refractivity contribution in [3.05, 3.63) is 71.8 Å². The summed E-state index contributed by atoms with van der Waals surface area (Å²) in [7, 11) is 0. The summed E-state index contributed by atoms with van der Waals surface area (Å²) in [5, 5.41) is 9.16. The van der Waals surface area contributed by atoms with Crippen LogP contribution in [0.5, 0.6) is 0 Å². The lowest BCUT2D eigenvalue weighted by Crippen LogP contribution is -2.09. The minimum atomic E-state index is -0.459. The molecule has 0 saturated heterocycles. The maximum atomic E-state index is 11.8. The summed E-state index contributed by atoms with van der Waals surface area (Å²) in [5.74, 6) is -0.816. The number of benzene rings is 2. The Kier molecular flexibility index (Phi) is 4.91. The van der Waals surface area contributed by atoms with Gasteiger partial charge in [-0.05, 0) is 11.1 Å². The molecule has 3 nitrogen and oxygen atoms in total. The first-order chi connectivity index (χ1) is 9.79. The summed E-state index contributed by atoms with van der Waals surface area (Å²) in [6, 6.07) is 20.9. The molecule has 2 rings (SSSR count). The van der Waals surface area contributed by atoms with Crippen LogP contribution in [0.4, 0.5) is 0 Å². The third-order valence-electron chi connectivity index (χ3n) is 2.97. The first-order valence-electron chi connectivity index (χ1n) is 6.43. The van der Waals surface area contributed by atoms with Gasteiger partial charge in [0, 0.05) is 0 Å². The van der Waals surface area contributed by atoms with E-state index in [1.165, 1.54) is 0 Å². The van der Waals surface area contributed by atoms with Gasteiger partial charge in [-0.1, -0.05) is 60.7 Å². The summed E-state index contributed by atoms with van der Waals surface area (Å²) in [5.41, 5.74) is 1.78. The molecule has 0 saturated carbocycles. The summed E-state index contributed by atoms with van der Waals surface area (Å²) in [6.07, 6.45) is 0.0767. The normalized spacial score (nSPS) is 11.3. The van der Waals surface area contributed by atoms with Crippen molar-refractivity contribution in [2.75, 3.05) is 0 Å². The van der Waals surface area contributed by atoms with Crippen molar-refractivity contribution < 1.29 is 9.53 Å². The molecule has 0 fully saturated rings. The molecule has 2 aromatic carbocycles. The third kappa shape index (κ3) is 3.96. The van der Waals surface area contributed by atoms with Crippen LogP contribution in [-0.4, -0.2) is 5.97 Å². The lowest BCUT2D eigenvalue weighted by atomic mass is 9.97. The van der Waals surface area contributed by atoms with Crippen LogP contribution < -0.4 is 0 Å². The standard InChI is InChI=1S/C17H15NO2/c18-12-16(15-9-5-2-6-10-15)11-17(19)20-13-14-7-3-1-4-8-14/h1-10,16H,11,13H2/t16-/m0/s1. The minimum Gasteiger partial charge on any atom is -0.461 e. The third-order valence-corrected chi connectivity index (χ3v) is 2.97. The number of ether oxygens (including phenoxy) is 1. The predicted molar refractivity (Wildman–Crippen MR) is 75.7 cm³/mol. The molecule has 0 spiro atoms. The highest BCUT2D eigenvalue weighted by atomic mass is 16.5. The molecule has 0 unspecified atom stereocenters. The van der Waals surface area contributed by atoms with Crippen LogP contribution in [0.25, 0.3) is 0 Å². The number of hydrogen-bond acceptors (Lipinski definition) is 3. The molecule has 0 bridgehead atoms. The van der Waals surface area contributed by atoms with E-state index in [1.54, 1.807) is 0 Å². The summed E-state index contributed by atoms with van der Waals surface area (Å²) in [4.78, 5) is 11.8. The molecule has 2 aromatic rings. The van der Waals surface area contributed by atoms with Crippen molar-refractivity contribution in [1.29, 1.82) is 5.26 Å². The fraction of sp³-hybridized carbons (Fsp3) is 0.176. The minimum absolute atomic E-state index is 0.0767. The molecule has 0 amide bonds. The number of nitrogens with zero attached hydrogens (tertiary/aromatic N) is 1. The van der Waals surface area contributed by atoms with E-state index in [1.807, 2.05) is 60.7 Å². The lowest BCUT2D eigenvalue weighted by molar-refractivity contribution is -0.145. The molecule has 0 N–H and O–H groups in total. The molecule has 0 aliphatic rings. The molecular weight excluding hydrogens is 250 g/mol. The topological polar surface area (TPSA) is 50.1 Å². The number of hydrogen-bond donors (Lipinski definition) is 0. The van der Waals surface area contributed by atoms with Gasteiger partial charge in [0.1, 0.15) is 6.61 Å². The highest BCUT2D eigenvalue weighted by Crippen LogP contribution is 2.19. The van der Waals surface area contributed by atoms with Crippen molar-refractivity contribution in [3.63, 3.8) is 0 Å². The van der Waals surface area contributed by atoms with E-state index >= 15 is 0 Å². The number of carbonyl (C=O) groups excluding carboxylic acids is 1. The van der Waals surface area contributed by atoms with E-state index in [4.69, 9.17) is 10.00 Å². The molecule has 0 heterocycles. The van der Waals surface area contributed by atoms with Gasteiger partial charge < -0.3 is 4.74 Å². The Morgan fingerprint density at radius 1 is 1.05 bits per heavy atom. The largest absolute Gasteiger partial charge is 0.461 e. The van der Waals surface area contributed by atoms with Crippen LogP contribution in [0.15, 0.2) is 60.7 Å². The average molecular weight is 265 g/mol. The lowest BCUT2D eigenvalue weighted by Gasteiger charge is -2.09. The van der Waals surface area contributed by atoms with Crippen LogP contribution in [0.3, 0.4) is 0 Å². The van der Waals surface area contributed by atoms with Gasteiger partial charge in [0.05, 0.1) is 18.4 Å². The van der Waals surface area contributed by atoms with Crippen LogP contribution >= 0.6 is 0 Å². The number of rotatable bonds is 5. The van der Waals surface area contributed by atoms with Crippen LogP contribution in [-0.2, 0) is 16.1 Å². The molecule has 0 aromatic heterocycles. The van der Waals surface area contributed by atoms with Gasteiger partial charge in [0.25, 0.3) is 0 Å². The van der Waals surface area contributed by atoms with E-state index in [9.17, 15) is 4.79 Å². The summed E-state index contributed by atoms with van der Waals surface area (Å²) >= 11 is 0. The van der Waals surface area contributed by atoms with Crippen molar-refractivity contribution >= 4 is 5.97 Å². The quantitative estimate of drug-likeness (QED) is 0.778. The van der Waals surface area contributed by atoms with E-state index in [0.717, 1.165) is 11.1 Å². The molecule has 0 radical (unpaired) electrons. The molecule has 100 valence electrons. The monoisotopic (exact) mass is 265 g/mol. The first kappa shape index (κ1) is 13.8. The van der Waals surface area contributed by atoms with Gasteiger partial charge in [-0.15, -0.1) is 0 Å². The molecule has 1 atom stereocenters. The zero-order valence-electron chi connectivity index (χ0n) is 11.0. The highest BCUT2D eigenvalue weighted by molar-refractivity contribution is 5.71. The predicted octanol–water partition coefficient (Wildman–Crippen LogP) is 3.43. The molecular formula is C17H15NO2. The van der Waals surface area contributed by atoms with Gasteiger partial charge in [0.15, 0.2) is 0 Å². The first-order valence-corrected chi connectivity index (χ1v) is 6.43. The highest BCUT2D eigenvalue weighted by Gasteiger charge is 2.16. The second kappa shape index (κ2) is 7.10. The van der Waals surface area contributed by atoms with E-state index in [0.29, 0.717) is 0 Å². The Balaban J connectivity index is 1.89. The fourth-order valence-electron chi connectivity index (χ4n) is 1.89. The van der Waals surface area contributed by atoms with E-state index in [2.05, 4.69) is 6.07 Å². The van der Waals surface area contributed by atoms with Gasteiger partial charge in [-0.3, -0.25) is 4.79 Å². The second-order valence-electron chi connectivity index (χ2n) is 4.44. The van der Waals surface area contributed by atoms with Gasteiger partial charge in [-0.25, -0.2) is 0 Å². The SMILES string of the molecule is N#C[C@H](CC(=O)OCc1ccccc1)c1ccccc1. The Morgan fingerprint density at radius 2 is 1.65 bits per heavy atom. The van der Waals surface area contributed by atoms with E-state index < -0.39 is 5.92 Å². The van der Waals surface area contributed by atoms with Crippen molar-refractivity contribution in [2.24, 2.45) is 0 Å². The number of carbonyl (C=O) groups is 1. The van der Waals surface area contributed by atoms with Gasteiger partial charge >= 0.3 is 5.97 Å². The maximum Gasteiger partial charge on any atom is 0.307 e. The summed E-state index contributed by atoms with van der Waals surface area (Å²) in [6.45, 7) is 0.243. The number of esters is 1. The van der Waals surface area contributed by atoms with Crippen molar-refractivity contribution in [1.82, 2.24) is 0 Å². The van der Waals surface area contributed by atoms with Crippen LogP contribution in [0, 0.1) is 11.3 Å². The van der Waals surface area contributed by atoms with Crippen molar-refractivity contribution in [2.45, 2.75) is 18.9 Å². The smallest absolute Gasteiger partial charge is 0.307 e. The Morgan fingerprint density at radius 3 is 2.25 bits per heavy atom. The molecule has 0 aliphatic carbocycles. The molecule has 20 heavy (non-hydrogen) atoms.